The van der Waals surface area contributed by atoms with Crippen LogP contribution in [-0.4, -0.2) is 9.97 Å². The highest BCUT2D eigenvalue weighted by molar-refractivity contribution is 9.10. The monoisotopic (exact) mass is 352 g/mol. The molecular weight excluding hydrogens is 344 g/mol. The molecule has 1 aromatic carbocycles. The molecule has 0 fully saturated rings. The van der Waals surface area contributed by atoms with Gasteiger partial charge < -0.3 is 0 Å². The van der Waals surface area contributed by atoms with Crippen molar-refractivity contribution < 1.29 is 0 Å². The zero-order valence-corrected chi connectivity index (χ0v) is 13.5. The van der Waals surface area contributed by atoms with E-state index in [2.05, 4.69) is 38.9 Å². The number of halogens is 2. The zero-order valence-electron chi connectivity index (χ0n) is 10.4. The molecule has 0 N–H and O–H groups in total. The summed E-state index contributed by atoms with van der Waals surface area (Å²) in [5.41, 5.74) is 3.17. The van der Waals surface area contributed by atoms with Gasteiger partial charge in [-0.1, -0.05) is 17.7 Å². The summed E-state index contributed by atoms with van der Waals surface area (Å²) in [4.78, 5) is 10.2. The Labute approximate surface area is 128 Å². The Balaban J connectivity index is 2.37. The minimum absolute atomic E-state index is 0.489. The van der Waals surface area contributed by atoms with Crippen molar-refractivity contribution in [1.82, 2.24) is 9.97 Å². The van der Waals surface area contributed by atoms with Gasteiger partial charge >= 0.3 is 0 Å². The van der Waals surface area contributed by atoms with E-state index < -0.39 is 0 Å². The summed E-state index contributed by atoms with van der Waals surface area (Å²) >= 11 is 11.5. The summed E-state index contributed by atoms with van der Waals surface area (Å²) in [5.74, 6) is 0.700. The van der Waals surface area contributed by atoms with E-state index in [1.807, 2.05) is 24.4 Å². The van der Waals surface area contributed by atoms with Crippen molar-refractivity contribution in [1.29, 1.82) is 0 Å². The largest absolute Gasteiger partial charge is 0.227 e. The van der Waals surface area contributed by atoms with Crippen LogP contribution in [0.1, 0.15) is 11.1 Å². The van der Waals surface area contributed by atoms with Gasteiger partial charge in [0.2, 0.25) is 0 Å². The van der Waals surface area contributed by atoms with Gasteiger partial charge in [-0.15, -0.1) is 11.3 Å². The first-order valence-electron chi connectivity index (χ1n) is 5.74. The van der Waals surface area contributed by atoms with Gasteiger partial charge in [-0.05, 0) is 58.4 Å². The van der Waals surface area contributed by atoms with Crippen LogP contribution in [0.5, 0.6) is 0 Å². The first-order valence-corrected chi connectivity index (χ1v) is 7.80. The molecule has 3 rings (SSSR count). The van der Waals surface area contributed by atoms with Gasteiger partial charge in [0, 0.05) is 4.47 Å². The highest BCUT2D eigenvalue weighted by atomic mass is 79.9. The zero-order chi connectivity index (χ0) is 13.6. The van der Waals surface area contributed by atoms with Crippen molar-refractivity contribution in [2.24, 2.45) is 0 Å². The fourth-order valence-electron chi connectivity index (χ4n) is 1.99. The lowest BCUT2D eigenvalue weighted by molar-refractivity contribution is 1.22. The Morgan fingerprint density at radius 2 is 1.89 bits per heavy atom. The molecule has 0 unspecified atom stereocenters. The average molecular weight is 354 g/mol. The molecule has 0 spiro atoms. The smallest absolute Gasteiger partial charge is 0.171 e. The lowest BCUT2D eigenvalue weighted by Gasteiger charge is -2.08. The van der Waals surface area contributed by atoms with Crippen molar-refractivity contribution in [2.45, 2.75) is 13.8 Å². The molecule has 2 heterocycles. The van der Waals surface area contributed by atoms with Crippen LogP contribution in [-0.2, 0) is 0 Å². The van der Waals surface area contributed by atoms with Crippen LogP contribution in [0.15, 0.2) is 28.1 Å². The Morgan fingerprint density at radius 3 is 2.58 bits per heavy atom. The lowest BCUT2D eigenvalue weighted by atomic mass is 10.1. The summed E-state index contributed by atoms with van der Waals surface area (Å²) in [6, 6.07) is 6.07. The van der Waals surface area contributed by atoms with E-state index >= 15 is 0 Å². The Kier molecular flexibility index (Phi) is 3.33. The molecule has 0 radical (unpaired) electrons. The number of nitrogens with zero attached hydrogens (tertiary/aromatic N) is 2. The van der Waals surface area contributed by atoms with Gasteiger partial charge in [0.25, 0.3) is 0 Å². The third kappa shape index (κ3) is 2.18. The predicted octanol–water partition coefficient (Wildman–Crippen LogP) is 5.39. The van der Waals surface area contributed by atoms with Crippen LogP contribution in [0.25, 0.3) is 21.6 Å². The van der Waals surface area contributed by atoms with Gasteiger partial charge in [0.1, 0.15) is 5.15 Å². The second-order valence-electron chi connectivity index (χ2n) is 4.36. The molecule has 5 heteroatoms. The second-order valence-corrected chi connectivity index (χ2v) is 6.49. The second kappa shape index (κ2) is 4.85. The standard InChI is InChI=1S/C14H10BrClN2S/c1-7-3-4-9(15)10-11(7)17-14(18-13(10)16)12-8(2)5-6-19-12/h3-6H,1-2H3. The van der Waals surface area contributed by atoms with Crippen LogP contribution in [0.3, 0.4) is 0 Å². The molecule has 2 nitrogen and oxygen atoms in total. The van der Waals surface area contributed by atoms with E-state index in [0.29, 0.717) is 11.0 Å². The van der Waals surface area contributed by atoms with Crippen LogP contribution >= 0.6 is 38.9 Å². The molecule has 0 aliphatic carbocycles. The van der Waals surface area contributed by atoms with Crippen molar-refractivity contribution >= 4 is 49.8 Å². The summed E-state index contributed by atoms with van der Waals surface area (Å²) in [7, 11) is 0. The molecule has 0 bridgehead atoms. The highest BCUT2D eigenvalue weighted by Gasteiger charge is 2.14. The van der Waals surface area contributed by atoms with E-state index in [1.165, 1.54) is 5.56 Å². The summed E-state index contributed by atoms with van der Waals surface area (Å²) < 4.78 is 0.924. The average Bonchev–Trinajstić information content (AvgIpc) is 2.79. The van der Waals surface area contributed by atoms with E-state index in [0.717, 1.165) is 25.8 Å². The molecule has 0 aliphatic heterocycles. The fourth-order valence-corrected chi connectivity index (χ4v) is 3.75. The number of benzene rings is 1. The topological polar surface area (TPSA) is 25.8 Å². The van der Waals surface area contributed by atoms with Gasteiger partial charge in [-0.2, -0.15) is 0 Å². The summed E-state index contributed by atoms with van der Waals surface area (Å²) in [6.07, 6.45) is 0. The fraction of sp³-hybridized carbons (Fsp3) is 0.143. The number of fused-ring (bicyclic) bond motifs is 1. The predicted molar refractivity (Wildman–Crippen MR) is 85.0 cm³/mol. The van der Waals surface area contributed by atoms with Crippen LogP contribution in [0, 0.1) is 13.8 Å². The van der Waals surface area contributed by atoms with E-state index in [1.54, 1.807) is 11.3 Å². The number of aryl methyl sites for hydroxylation is 2. The third-order valence-corrected chi connectivity index (χ3v) is 4.97. The number of rotatable bonds is 1. The number of thiophene rings is 1. The maximum Gasteiger partial charge on any atom is 0.171 e. The van der Waals surface area contributed by atoms with Crippen LogP contribution < -0.4 is 0 Å². The molecule has 0 amide bonds. The third-order valence-electron chi connectivity index (χ3n) is 3.02. The summed E-state index contributed by atoms with van der Waals surface area (Å²) in [6.45, 7) is 4.09. The Morgan fingerprint density at radius 1 is 1.11 bits per heavy atom. The highest BCUT2D eigenvalue weighted by Crippen LogP contribution is 2.34. The van der Waals surface area contributed by atoms with E-state index in [4.69, 9.17) is 11.6 Å². The number of aromatic nitrogens is 2. The first kappa shape index (κ1) is 13.0. The molecule has 19 heavy (non-hydrogen) atoms. The molecule has 0 atom stereocenters. The van der Waals surface area contributed by atoms with Gasteiger partial charge in [0.15, 0.2) is 5.82 Å². The minimum Gasteiger partial charge on any atom is -0.227 e. The van der Waals surface area contributed by atoms with Gasteiger partial charge in [0.05, 0.1) is 15.8 Å². The molecule has 2 aromatic heterocycles. The van der Waals surface area contributed by atoms with Crippen LogP contribution in [0.2, 0.25) is 5.15 Å². The molecule has 96 valence electrons. The Hall–Kier alpha value is -0.970. The lowest BCUT2D eigenvalue weighted by Crippen LogP contribution is -1.94. The number of hydrogen-bond acceptors (Lipinski definition) is 3. The molecule has 0 saturated carbocycles. The molecule has 0 aliphatic rings. The normalized spacial score (nSPS) is 11.2. The van der Waals surface area contributed by atoms with Crippen molar-refractivity contribution in [3.8, 4) is 10.7 Å². The van der Waals surface area contributed by atoms with Crippen molar-refractivity contribution in [2.75, 3.05) is 0 Å². The van der Waals surface area contributed by atoms with E-state index in [9.17, 15) is 0 Å². The summed E-state index contributed by atoms with van der Waals surface area (Å²) in [5, 5.41) is 3.41. The first-order chi connectivity index (χ1) is 9.08. The van der Waals surface area contributed by atoms with Gasteiger partial charge in [-0.3, -0.25) is 0 Å². The SMILES string of the molecule is Cc1ccsc1-c1nc(Cl)c2c(Br)ccc(C)c2n1. The minimum atomic E-state index is 0.489. The number of hydrogen-bond donors (Lipinski definition) is 0. The van der Waals surface area contributed by atoms with Crippen LogP contribution in [0.4, 0.5) is 0 Å². The van der Waals surface area contributed by atoms with Crippen molar-refractivity contribution in [3.05, 3.63) is 44.3 Å². The molecule has 0 saturated heterocycles. The quantitative estimate of drug-likeness (QED) is 0.548. The van der Waals surface area contributed by atoms with E-state index in [-0.39, 0.29) is 0 Å². The molecular formula is C14H10BrClN2S. The maximum absolute atomic E-state index is 6.33. The van der Waals surface area contributed by atoms with Crippen molar-refractivity contribution in [3.63, 3.8) is 0 Å². The molecule has 3 aromatic rings. The Bertz CT molecular complexity index is 782. The van der Waals surface area contributed by atoms with Gasteiger partial charge in [-0.25, -0.2) is 9.97 Å². The maximum atomic E-state index is 6.33.